The van der Waals surface area contributed by atoms with E-state index in [0.29, 0.717) is 17.5 Å². The van der Waals surface area contributed by atoms with E-state index in [4.69, 9.17) is 4.74 Å². The van der Waals surface area contributed by atoms with Gasteiger partial charge in [0.25, 0.3) is 0 Å². The standard InChI is InChI=1S/C20H23FO3/c1-13-5-8-15(12-18(13)21)17(19(22)23)11-14-6-9-16(10-7-14)24-20(2,3)4/h5-10,12,17H,11H2,1-4H3,(H,22,23). The van der Waals surface area contributed by atoms with Crippen LogP contribution >= 0.6 is 0 Å². The summed E-state index contributed by atoms with van der Waals surface area (Å²) in [5.41, 5.74) is 1.56. The molecular formula is C20H23FO3. The summed E-state index contributed by atoms with van der Waals surface area (Å²) in [6.45, 7) is 7.55. The molecule has 2 aromatic carbocycles. The molecule has 1 atom stereocenters. The zero-order valence-corrected chi connectivity index (χ0v) is 14.5. The SMILES string of the molecule is Cc1ccc(C(Cc2ccc(OC(C)(C)C)cc2)C(=O)O)cc1F. The Hall–Kier alpha value is -2.36. The monoisotopic (exact) mass is 330 g/mol. The smallest absolute Gasteiger partial charge is 0.311 e. The van der Waals surface area contributed by atoms with E-state index in [1.165, 1.54) is 6.07 Å². The molecule has 0 saturated heterocycles. The van der Waals surface area contributed by atoms with Gasteiger partial charge in [-0.2, -0.15) is 0 Å². The molecule has 0 spiro atoms. The van der Waals surface area contributed by atoms with E-state index in [1.807, 2.05) is 45.0 Å². The number of carboxylic acid groups (broad SMARTS) is 1. The summed E-state index contributed by atoms with van der Waals surface area (Å²) >= 11 is 0. The van der Waals surface area contributed by atoms with Crippen LogP contribution in [0.15, 0.2) is 42.5 Å². The predicted octanol–water partition coefficient (Wildman–Crippen LogP) is 4.72. The molecule has 0 bridgehead atoms. The van der Waals surface area contributed by atoms with E-state index in [9.17, 15) is 14.3 Å². The predicted molar refractivity (Wildman–Crippen MR) is 92.0 cm³/mol. The summed E-state index contributed by atoms with van der Waals surface area (Å²) in [4.78, 5) is 11.6. The minimum atomic E-state index is -0.965. The zero-order chi connectivity index (χ0) is 17.9. The lowest BCUT2D eigenvalue weighted by atomic mass is 9.91. The Labute approximate surface area is 142 Å². The number of ether oxygens (including phenoxy) is 1. The summed E-state index contributed by atoms with van der Waals surface area (Å²) in [6.07, 6.45) is 0.299. The maximum absolute atomic E-state index is 13.7. The van der Waals surface area contributed by atoms with Crippen LogP contribution in [0.25, 0.3) is 0 Å². The molecule has 4 heteroatoms. The Kier molecular flexibility index (Phi) is 5.27. The Bertz CT molecular complexity index is 715. The van der Waals surface area contributed by atoms with Crippen LogP contribution in [0.4, 0.5) is 4.39 Å². The molecule has 24 heavy (non-hydrogen) atoms. The average Bonchev–Trinajstić information content (AvgIpc) is 2.47. The van der Waals surface area contributed by atoms with Crippen LogP contribution in [0.3, 0.4) is 0 Å². The maximum Gasteiger partial charge on any atom is 0.311 e. The Morgan fingerprint density at radius 3 is 2.29 bits per heavy atom. The molecule has 1 unspecified atom stereocenters. The van der Waals surface area contributed by atoms with Gasteiger partial charge in [-0.25, -0.2) is 4.39 Å². The fourth-order valence-corrected chi connectivity index (χ4v) is 2.46. The first-order valence-electron chi connectivity index (χ1n) is 7.92. The highest BCUT2D eigenvalue weighted by Crippen LogP contribution is 2.25. The molecule has 128 valence electrons. The van der Waals surface area contributed by atoms with Crippen molar-refractivity contribution < 1.29 is 19.0 Å². The number of carboxylic acids is 1. The molecule has 0 fully saturated rings. The number of benzene rings is 2. The topological polar surface area (TPSA) is 46.5 Å². The van der Waals surface area contributed by atoms with E-state index in [0.717, 1.165) is 11.3 Å². The summed E-state index contributed by atoms with van der Waals surface area (Å²) in [6, 6.07) is 12.0. The van der Waals surface area contributed by atoms with Gasteiger partial charge in [-0.3, -0.25) is 4.79 Å². The van der Waals surface area contributed by atoms with Gasteiger partial charge in [0.1, 0.15) is 17.2 Å². The fourth-order valence-electron chi connectivity index (χ4n) is 2.46. The van der Waals surface area contributed by atoms with Gasteiger partial charge in [0.15, 0.2) is 0 Å². The number of aliphatic carboxylic acids is 1. The number of aryl methyl sites for hydroxylation is 1. The fraction of sp³-hybridized carbons (Fsp3) is 0.350. The van der Waals surface area contributed by atoms with Crippen LogP contribution in [0, 0.1) is 12.7 Å². The van der Waals surface area contributed by atoms with Crippen LogP contribution in [-0.4, -0.2) is 16.7 Å². The number of rotatable bonds is 5. The lowest BCUT2D eigenvalue weighted by molar-refractivity contribution is -0.138. The lowest BCUT2D eigenvalue weighted by Gasteiger charge is -2.21. The van der Waals surface area contributed by atoms with Gasteiger partial charge >= 0.3 is 5.97 Å². The molecule has 0 aliphatic heterocycles. The van der Waals surface area contributed by atoms with Crippen molar-refractivity contribution in [3.05, 3.63) is 65.0 Å². The third-order valence-corrected chi connectivity index (χ3v) is 3.68. The highest BCUT2D eigenvalue weighted by Gasteiger charge is 2.21. The normalized spacial score (nSPS) is 12.7. The molecule has 0 aliphatic carbocycles. The third kappa shape index (κ3) is 4.82. The summed E-state index contributed by atoms with van der Waals surface area (Å²) in [5, 5.41) is 9.51. The summed E-state index contributed by atoms with van der Waals surface area (Å²) in [5.74, 6) is -1.39. The first kappa shape index (κ1) is 18.0. The van der Waals surface area contributed by atoms with E-state index in [2.05, 4.69) is 0 Å². The molecule has 2 aromatic rings. The second-order valence-corrected chi connectivity index (χ2v) is 6.96. The van der Waals surface area contributed by atoms with Crippen molar-refractivity contribution in [3.63, 3.8) is 0 Å². The van der Waals surface area contributed by atoms with E-state index in [-0.39, 0.29) is 11.4 Å². The summed E-state index contributed by atoms with van der Waals surface area (Å²) < 4.78 is 19.5. The third-order valence-electron chi connectivity index (χ3n) is 3.68. The molecule has 2 rings (SSSR count). The first-order valence-corrected chi connectivity index (χ1v) is 7.92. The van der Waals surface area contributed by atoms with Gasteiger partial charge in [0, 0.05) is 0 Å². The largest absolute Gasteiger partial charge is 0.488 e. The molecule has 0 aliphatic rings. The number of carbonyl (C=O) groups is 1. The van der Waals surface area contributed by atoms with Gasteiger partial charge in [-0.05, 0) is 69.0 Å². The van der Waals surface area contributed by atoms with Crippen molar-refractivity contribution in [3.8, 4) is 5.75 Å². The minimum Gasteiger partial charge on any atom is -0.488 e. The Morgan fingerprint density at radius 1 is 1.17 bits per heavy atom. The number of hydrogen-bond acceptors (Lipinski definition) is 2. The van der Waals surface area contributed by atoms with Crippen LogP contribution in [0.2, 0.25) is 0 Å². The van der Waals surface area contributed by atoms with Crippen molar-refractivity contribution in [1.29, 1.82) is 0 Å². The molecule has 0 radical (unpaired) electrons. The molecule has 0 amide bonds. The highest BCUT2D eigenvalue weighted by molar-refractivity contribution is 5.76. The molecule has 3 nitrogen and oxygen atoms in total. The van der Waals surface area contributed by atoms with Gasteiger partial charge in [0.2, 0.25) is 0 Å². The van der Waals surface area contributed by atoms with Gasteiger partial charge < -0.3 is 9.84 Å². The van der Waals surface area contributed by atoms with Crippen molar-refractivity contribution in [2.75, 3.05) is 0 Å². The van der Waals surface area contributed by atoms with E-state index < -0.39 is 11.9 Å². The molecule has 0 heterocycles. The summed E-state index contributed by atoms with van der Waals surface area (Å²) in [7, 11) is 0. The Balaban J connectivity index is 2.19. The molecule has 0 aromatic heterocycles. The minimum absolute atomic E-state index is 0.287. The molecule has 1 N–H and O–H groups in total. The van der Waals surface area contributed by atoms with Crippen molar-refractivity contribution in [1.82, 2.24) is 0 Å². The number of hydrogen-bond donors (Lipinski definition) is 1. The lowest BCUT2D eigenvalue weighted by Crippen LogP contribution is -2.22. The zero-order valence-electron chi connectivity index (χ0n) is 14.5. The quantitative estimate of drug-likeness (QED) is 0.862. The van der Waals surface area contributed by atoms with E-state index in [1.54, 1.807) is 19.1 Å². The van der Waals surface area contributed by atoms with E-state index >= 15 is 0 Å². The van der Waals surface area contributed by atoms with Crippen LogP contribution in [-0.2, 0) is 11.2 Å². The van der Waals surface area contributed by atoms with Crippen LogP contribution < -0.4 is 4.74 Å². The van der Waals surface area contributed by atoms with Crippen molar-refractivity contribution >= 4 is 5.97 Å². The number of halogens is 1. The second kappa shape index (κ2) is 7.04. The van der Waals surface area contributed by atoms with Crippen LogP contribution in [0.5, 0.6) is 5.75 Å². The second-order valence-electron chi connectivity index (χ2n) is 6.96. The molecule has 0 saturated carbocycles. The van der Waals surface area contributed by atoms with Gasteiger partial charge in [-0.15, -0.1) is 0 Å². The first-order chi connectivity index (χ1) is 11.2. The Morgan fingerprint density at radius 2 is 1.79 bits per heavy atom. The molecular weight excluding hydrogens is 307 g/mol. The van der Waals surface area contributed by atoms with Gasteiger partial charge in [-0.1, -0.05) is 24.3 Å². The van der Waals surface area contributed by atoms with Gasteiger partial charge in [0.05, 0.1) is 5.92 Å². The van der Waals surface area contributed by atoms with Crippen molar-refractivity contribution in [2.24, 2.45) is 0 Å². The van der Waals surface area contributed by atoms with Crippen molar-refractivity contribution in [2.45, 2.75) is 45.6 Å². The highest BCUT2D eigenvalue weighted by atomic mass is 19.1. The van der Waals surface area contributed by atoms with Crippen LogP contribution in [0.1, 0.15) is 43.4 Å². The average molecular weight is 330 g/mol. The maximum atomic E-state index is 13.7.